The van der Waals surface area contributed by atoms with Gasteiger partial charge in [-0.3, -0.25) is 0 Å². The summed E-state index contributed by atoms with van der Waals surface area (Å²) in [4.78, 5) is 15.7. The molecule has 1 N–H and O–H groups in total. The average Bonchev–Trinajstić information content (AvgIpc) is 3.04. The molecule has 0 bridgehead atoms. The summed E-state index contributed by atoms with van der Waals surface area (Å²) in [6, 6.07) is 15.2. The Morgan fingerprint density at radius 2 is 1.88 bits per heavy atom. The molecule has 128 valence electrons. The van der Waals surface area contributed by atoms with E-state index < -0.39 is 5.97 Å². The minimum absolute atomic E-state index is 0.296. The van der Waals surface area contributed by atoms with Gasteiger partial charge in [0.2, 0.25) is 0 Å². The number of carboxylic acids is 1. The van der Waals surface area contributed by atoms with E-state index in [0.29, 0.717) is 23.7 Å². The highest BCUT2D eigenvalue weighted by Gasteiger charge is 2.12. The molecule has 0 aliphatic heterocycles. The summed E-state index contributed by atoms with van der Waals surface area (Å²) < 4.78 is 6.91. The van der Waals surface area contributed by atoms with E-state index in [1.807, 2.05) is 48.0 Å². The van der Waals surface area contributed by atoms with E-state index in [2.05, 4.69) is 10.1 Å². The van der Waals surface area contributed by atoms with Crippen LogP contribution in [-0.2, 0) is 13.0 Å². The predicted molar refractivity (Wildman–Crippen MR) is 93.9 cm³/mol. The molecule has 3 rings (SSSR count). The number of aryl methyl sites for hydroxylation is 1. The van der Waals surface area contributed by atoms with Crippen molar-refractivity contribution in [3.05, 3.63) is 65.5 Å². The molecule has 3 aromatic rings. The summed E-state index contributed by atoms with van der Waals surface area (Å²) in [5.41, 5.74) is 2.93. The van der Waals surface area contributed by atoms with E-state index in [0.717, 1.165) is 23.4 Å². The van der Waals surface area contributed by atoms with Gasteiger partial charge < -0.3 is 9.84 Å². The largest absolute Gasteiger partial charge is 0.478 e. The highest BCUT2D eigenvalue weighted by molar-refractivity contribution is 5.95. The molecule has 25 heavy (non-hydrogen) atoms. The lowest BCUT2D eigenvalue weighted by Gasteiger charge is -2.08. The second-order valence-electron chi connectivity index (χ2n) is 5.57. The van der Waals surface area contributed by atoms with Gasteiger partial charge in [0.15, 0.2) is 0 Å². The summed E-state index contributed by atoms with van der Waals surface area (Å²) >= 11 is 0. The Balaban J connectivity index is 1.86. The molecule has 6 nitrogen and oxygen atoms in total. The predicted octanol–water partition coefficient (Wildman–Crippen LogP) is 3.26. The van der Waals surface area contributed by atoms with Crippen molar-refractivity contribution in [3.8, 4) is 17.1 Å². The molecule has 0 unspecified atom stereocenters. The molecule has 6 heteroatoms. The minimum atomic E-state index is -0.929. The van der Waals surface area contributed by atoms with Crippen LogP contribution in [0.2, 0.25) is 0 Å². The fourth-order valence-electron chi connectivity index (χ4n) is 2.71. The molecular weight excluding hydrogens is 318 g/mol. The number of aromatic nitrogens is 3. The number of aromatic carboxylic acids is 1. The van der Waals surface area contributed by atoms with Crippen molar-refractivity contribution in [3.63, 3.8) is 0 Å². The van der Waals surface area contributed by atoms with Gasteiger partial charge in [0.25, 0.3) is 0 Å². The molecule has 1 aromatic heterocycles. The van der Waals surface area contributed by atoms with E-state index in [-0.39, 0.29) is 0 Å². The third kappa shape index (κ3) is 3.52. The Bertz CT molecular complexity index is 885. The molecule has 0 fully saturated rings. The molecule has 2 aromatic carbocycles. The topological polar surface area (TPSA) is 77.2 Å². The zero-order chi connectivity index (χ0) is 17.8. The van der Waals surface area contributed by atoms with Gasteiger partial charge in [0, 0.05) is 6.42 Å². The van der Waals surface area contributed by atoms with Crippen molar-refractivity contribution in [1.29, 1.82) is 0 Å². The number of nitrogens with zero attached hydrogens (tertiary/aromatic N) is 3. The van der Waals surface area contributed by atoms with E-state index in [1.54, 1.807) is 19.2 Å². The molecule has 0 aliphatic rings. The Hall–Kier alpha value is -3.15. The summed E-state index contributed by atoms with van der Waals surface area (Å²) in [6.07, 6.45) is 0.764. The van der Waals surface area contributed by atoms with E-state index in [9.17, 15) is 9.90 Å². The van der Waals surface area contributed by atoms with Gasteiger partial charge in [-0.1, -0.05) is 49.4 Å². The van der Waals surface area contributed by atoms with Gasteiger partial charge in [-0.2, -0.15) is 4.98 Å². The molecule has 0 aliphatic carbocycles. The minimum Gasteiger partial charge on any atom is -0.478 e. The zero-order valence-corrected chi connectivity index (χ0v) is 14.1. The third-order valence-corrected chi connectivity index (χ3v) is 3.98. The van der Waals surface area contributed by atoms with Crippen LogP contribution in [-0.4, -0.2) is 33.0 Å². The molecule has 0 spiro atoms. The van der Waals surface area contributed by atoms with Crippen LogP contribution in [0.4, 0.5) is 0 Å². The van der Waals surface area contributed by atoms with Gasteiger partial charge in [-0.05, 0) is 22.8 Å². The second-order valence-corrected chi connectivity index (χ2v) is 5.57. The van der Waals surface area contributed by atoms with Gasteiger partial charge >= 0.3 is 12.0 Å². The monoisotopic (exact) mass is 337 g/mol. The van der Waals surface area contributed by atoms with Crippen LogP contribution in [0.15, 0.2) is 48.5 Å². The van der Waals surface area contributed by atoms with Crippen LogP contribution in [0.5, 0.6) is 6.01 Å². The van der Waals surface area contributed by atoms with Crippen LogP contribution in [0.3, 0.4) is 0 Å². The number of hydrogen-bond acceptors (Lipinski definition) is 4. The van der Waals surface area contributed by atoms with Crippen molar-refractivity contribution in [2.45, 2.75) is 19.9 Å². The highest BCUT2D eigenvalue weighted by Crippen LogP contribution is 2.24. The molecule has 0 radical (unpaired) electrons. The van der Waals surface area contributed by atoms with Gasteiger partial charge in [-0.15, -0.1) is 5.10 Å². The van der Waals surface area contributed by atoms with Crippen molar-refractivity contribution in [2.75, 3.05) is 7.11 Å². The van der Waals surface area contributed by atoms with Crippen LogP contribution < -0.4 is 4.74 Å². The first kappa shape index (κ1) is 16.7. The lowest BCUT2D eigenvalue weighted by molar-refractivity contribution is 0.0697. The summed E-state index contributed by atoms with van der Waals surface area (Å²) in [7, 11) is 1.55. The third-order valence-electron chi connectivity index (χ3n) is 3.98. The maximum Gasteiger partial charge on any atom is 0.336 e. The summed E-state index contributed by atoms with van der Waals surface area (Å²) in [5.74, 6) is -0.0703. The number of ether oxygens (including phenoxy) is 1. The van der Waals surface area contributed by atoms with E-state index in [4.69, 9.17) is 4.74 Å². The SMILES string of the molecule is CCc1nc(OC)nn1Cc1ccc(-c2ccccc2C(=O)O)cc1. The van der Waals surface area contributed by atoms with Crippen LogP contribution in [0.1, 0.15) is 28.7 Å². The number of rotatable bonds is 6. The van der Waals surface area contributed by atoms with Gasteiger partial charge in [0.05, 0.1) is 19.2 Å². The van der Waals surface area contributed by atoms with Crippen LogP contribution in [0.25, 0.3) is 11.1 Å². The van der Waals surface area contributed by atoms with E-state index in [1.165, 1.54) is 0 Å². The number of benzene rings is 2. The van der Waals surface area contributed by atoms with Crippen molar-refractivity contribution in [2.24, 2.45) is 0 Å². The quantitative estimate of drug-likeness (QED) is 0.747. The summed E-state index contributed by atoms with van der Waals surface area (Å²) in [5, 5.41) is 13.6. The van der Waals surface area contributed by atoms with Crippen molar-refractivity contribution >= 4 is 5.97 Å². The number of methoxy groups -OCH3 is 1. The Kier molecular flexibility index (Phi) is 4.79. The van der Waals surface area contributed by atoms with Crippen LogP contribution in [0, 0.1) is 0 Å². The normalized spacial score (nSPS) is 10.6. The fourth-order valence-corrected chi connectivity index (χ4v) is 2.71. The highest BCUT2D eigenvalue weighted by atomic mass is 16.5. The average molecular weight is 337 g/mol. The van der Waals surface area contributed by atoms with Gasteiger partial charge in [-0.25, -0.2) is 9.48 Å². The van der Waals surface area contributed by atoms with E-state index >= 15 is 0 Å². The Labute approximate surface area is 145 Å². The van der Waals surface area contributed by atoms with Gasteiger partial charge in [0.1, 0.15) is 5.82 Å². The lowest BCUT2D eigenvalue weighted by Crippen LogP contribution is -2.06. The molecule has 1 heterocycles. The standard InChI is InChI=1S/C19H19N3O3/c1-3-17-20-19(25-2)21-22(17)12-13-8-10-14(11-9-13)15-6-4-5-7-16(15)18(23)24/h4-11H,3,12H2,1-2H3,(H,23,24). The molecule has 0 amide bonds. The summed E-state index contributed by atoms with van der Waals surface area (Å²) in [6.45, 7) is 2.60. The smallest absolute Gasteiger partial charge is 0.336 e. The number of carboxylic acid groups (broad SMARTS) is 1. The Morgan fingerprint density at radius 1 is 1.16 bits per heavy atom. The molecule has 0 saturated carbocycles. The second kappa shape index (κ2) is 7.17. The lowest BCUT2D eigenvalue weighted by atomic mass is 9.99. The Morgan fingerprint density at radius 3 is 2.52 bits per heavy atom. The first-order chi connectivity index (χ1) is 12.1. The maximum absolute atomic E-state index is 11.4. The van der Waals surface area contributed by atoms with Crippen LogP contribution >= 0.6 is 0 Å². The molecular formula is C19H19N3O3. The number of hydrogen-bond donors (Lipinski definition) is 1. The van der Waals surface area contributed by atoms with Crippen molar-refractivity contribution in [1.82, 2.24) is 14.8 Å². The fraction of sp³-hybridized carbons (Fsp3) is 0.211. The zero-order valence-electron chi connectivity index (χ0n) is 14.1. The first-order valence-electron chi connectivity index (χ1n) is 8.01. The maximum atomic E-state index is 11.4. The molecule has 0 atom stereocenters. The van der Waals surface area contributed by atoms with Crippen molar-refractivity contribution < 1.29 is 14.6 Å². The first-order valence-corrected chi connectivity index (χ1v) is 8.01. The number of carbonyl (C=O) groups is 1. The molecule has 0 saturated heterocycles.